The van der Waals surface area contributed by atoms with Gasteiger partial charge in [0, 0.05) is 11.1 Å². The molecule has 0 aliphatic carbocycles. The summed E-state index contributed by atoms with van der Waals surface area (Å²) in [6.45, 7) is 2.67. The van der Waals surface area contributed by atoms with E-state index < -0.39 is 11.6 Å². The van der Waals surface area contributed by atoms with Gasteiger partial charge in [-0.05, 0) is 52.2 Å². The lowest BCUT2D eigenvalue weighted by Crippen LogP contribution is -2.24. The van der Waals surface area contributed by atoms with Crippen LogP contribution in [0.15, 0.2) is 40.9 Å². The molecule has 1 N–H and O–H groups in total. The molecule has 0 radical (unpaired) electrons. The van der Waals surface area contributed by atoms with Crippen LogP contribution < -0.4 is 5.32 Å². The summed E-state index contributed by atoms with van der Waals surface area (Å²) in [5.74, 6) is -1.73. The van der Waals surface area contributed by atoms with E-state index in [2.05, 4.69) is 21.2 Å². The Hall–Kier alpha value is -0.970. The Morgan fingerprint density at radius 2 is 1.90 bits per heavy atom. The number of likely N-dealkylation sites (N-methyl/N-ethyl adjacent to an activating group) is 1. The van der Waals surface area contributed by atoms with Gasteiger partial charge in [0.15, 0.2) is 11.6 Å². The van der Waals surface area contributed by atoms with Gasteiger partial charge in [0.05, 0.1) is 4.47 Å². The number of nitrogens with one attached hydrogen (secondary N) is 1. The predicted molar refractivity (Wildman–Crippen MR) is 85.6 cm³/mol. The molecule has 0 aliphatic rings. The van der Waals surface area contributed by atoms with Crippen molar-refractivity contribution in [2.24, 2.45) is 0 Å². The highest BCUT2D eigenvalue weighted by atomic mass is 79.9. The van der Waals surface area contributed by atoms with Crippen LogP contribution in [0.5, 0.6) is 0 Å². The Kier molecular flexibility index (Phi) is 5.73. The second-order valence-electron chi connectivity index (χ2n) is 4.67. The molecule has 0 spiro atoms. The second kappa shape index (κ2) is 7.34. The minimum Gasteiger partial charge on any atom is -0.310 e. The predicted octanol–water partition coefficient (Wildman–Crippen LogP) is 5.27. The SMILES string of the molecule is CCNC(Cc1ccccc1Cl)c1ccc(F)c(F)c1Br. The minimum absolute atomic E-state index is 0.153. The maximum atomic E-state index is 13.7. The summed E-state index contributed by atoms with van der Waals surface area (Å²) in [7, 11) is 0. The third kappa shape index (κ3) is 3.82. The Bertz CT molecular complexity index is 634. The quantitative estimate of drug-likeness (QED) is 0.703. The summed E-state index contributed by atoms with van der Waals surface area (Å²) in [6, 6.07) is 10.1. The molecular formula is C16H15BrClF2N. The summed E-state index contributed by atoms with van der Waals surface area (Å²) in [5.41, 5.74) is 1.64. The maximum absolute atomic E-state index is 13.7. The zero-order valence-electron chi connectivity index (χ0n) is 11.5. The summed E-state index contributed by atoms with van der Waals surface area (Å²) < 4.78 is 27.1. The molecule has 2 rings (SSSR count). The molecule has 0 saturated heterocycles. The molecule has 0 bridgehead atoms. The summed E-state index contributed by atoms with van der Waals surface area (Å²) in [4.78, 5) is 0. The molecule has 21 heavy (non-hydrogen) atoms. The smallest absolute Gasteiger partial charge is 0.173 e. The van der Waals surface area contributed by atoms with Gasteiger partial charge in [0.25, 0.3) is 0 Å². The molecule has 112 valence electrons. The van der Waals surface area contributed by atoms with Gasteiger partial charge in [-0.2, -0.15) is 0 Å². The first-order valence-electron chi connectivity index (χ1n) is 6.64. The van der Waals surface area contributed by atoms with Gasteiger partial charge in [-0.25, -0.2) is 8.78 Å². The molecule has 0 aliphatic heterocycles. The van der Waals surface area contributed by atoms with Crippen molar-refractivity contribution in [1.29, 1.82) is 0 Å². The first-order valence-corrected chi connectivity index (χ1v) is 7.81. The average Bonchev–Trinajstić information content (AvgIpc) is 2.47. The van der Waals surface area contributed by atoms with E-state index in [-0.39, 0.29) is 10.5 Å². The monoisotopic (exact) mass is 373 g/mol. The molecule has 0 saturated carbocycles. The zero-order valence-corrected chi connectivity index (χ0v) is 13.8. The van der Waals surface area contributed by atoms with Crippen LogP contribution in [0, 0.1) is 11.6 Å². The summed E-state index contributed by atoms with van der Waals surface area (Å²) in [5, 5.41) is 3.95. The fraction of sp³-hybridized carbons (Fsp3) is 0.250. The third-order valence-corrected chi connectivity index (χ3v) is 4.45. The molecule has 2 aromatic rings. The molecule has 0 fully saturated rings. The molecule has 1 unspecified atom stereocenters. The average molecular weight is 375 g/mol. The van der Waals surface area contributed by atoms with Crippen molar-refractivity contribution in [2.75, 3.05) is 6.54 Å². The second-order valence-corrected chi connectivity index (χ2v) is 5.87. The van der Waals surface area contributed by atoms with Crippen LogP contribution in [0.4, 0.5) is 8.78 Å². The number of rotatable bonds is 5. The van der Waals surface area contributed by atoms with Crippen molar-refractivity contribution in [2.45, 2.75) is 19.4 Å². The fourth-order valence-electron chi connectivity index (χ4n) is 2.23. The lowest BCUT2D eigenvalue weighted by molar-refractivity contribution is 0.491. The van der Waals surface area contributed by atoms with Crippen LogP contribution in [0.25, 0.3) is 0 Å². The van der Waals surface area contributed by atoms with Crippen molar-refractivity contribution < 1.29 is 8.78 Å². The highest BCUT2D eigenvalue weighted by Crippen LogP contribution is 2.31. The maximum Gasteiger partial charge on any atom is 0.173 e. The van der Waals surface area contributed by atoms with Crippen LogP contribution in [0.2, 0.25) is 5.02 Å². The standard InChI is InChI=1S/C16H15BrClF2N/c1-2-21-14(9-10-5-3-4-6-12(10)18)11-7-8-13(19)16(20)15(11)17/h3-8,14,21H,2,9H2,1H3. The number of benzene rings is 2. The fourth-order valence-corrected chi connectivity index (χ4v) is 3.04. The highest BCUT2D eigenvalue weighted by molar-refractivity contribution is 9.10. The first kappa shape index (κ1) is 16.4. The summed E-state index contributed by atoms with van der Waals surface area (Å²) in [6.07, 6.45) is 0.594. The number of halogens is 4. The molecule has 0 heterocycles. The van der Waals surface area contributed by atoms with Gasteiger partial charge in [-0.3, -0.25) is 0 Å². The van der Waals surface area contributed by atoms with Gasteiger partial charge in [-0.1, -0.05) is 42.8 Å². The number of hydrogen-bond donors (Lipinski definition) is 1. The van der Waals surface area contributed by atoms with Gasteiger partial charge < -0.3 is 5.32 Å². The first-order chi connectivity index (χ1) is 10.0. The molecule has 0 amide bonds. The van der Waals surface area contributed by atoms with Crippen molar-refractivity contribution in [3.63, 3.8) is 0 Å². The topological polar surface area (TPSA) is 12.0 Å². The molecule has 0 aromatic heterocycles. The highest BCUT2D eigenvalue weighted by Gasteiger charge is 2.19. The van der Waals surface area contributed by atoms with E-state index in [1.807, 2.05) is 31.2 Å². The van der Waals surface area contributed by atoms with E-state index in [9.17, 15) is 8.78 Å². The van der Waals surface area contributed by atoms with E-state index in [0.29, 0.717) is 23.6 Å². The Balaban J connectivity index is 2.36. The zero-order chi connectivity index (χ0) is 15.4. The lowest BCUT2D eigenvalue weighted by atomic mass is 9.98. The van der Waals surface area contributed by atoms with Gasteiger partial charge >= 0.3 is 0 Å². The van der Waals surface area contributed by atoms with E-state index >= 15 is 0 Å². The number of hydrogen-bond acceptors (Lipinski definition) is 1. The van der Waals surface area contributed by atoms with Crippen molar-refractivity contribution in [3.05, 3.63) is 68.7 Å². The normalized spacial score (nSPS) is 12.4. The van der Waals surface area contributed by atoms with Crippen molar-refractivity contribution in [1.82, 2.24) is 5.32 Å². The largest absolute Gasteiger partial charge is 0.310 e. The van der Waals surface area contributed by atoms with E-state index in [0.717, 1.165) is 11.6 Å². The van der Waals surface area contributed by atoms with Crippen LogP contribution >= 0.6 is 27.5 Å². The van der Waals surface area contributed by atoms with Crippen LogP contribution in [-0.2, 0) is 6.42 Å². The molecule has 1 nitrogen and oxygen atoms in total. The Morgan fingerprint density at radius 3 is 2.57 bits per heavy atom. The van der Waals surface area contributed by atoms with Crippen molar-refractivity contribution in [3.8, 4) is 0 Å². The molecule has 5 heteroatoms. The molecule has 1 atom stereocenters. The van der Waals surface area contributed by atoms with Crippen LogP contribution in [0.3, 0.4) is 0 Å². The van der Waals surface area contributed by atoms with E-state index in [1.165, 1.54) is 0 Å². The lowest BCUT2D eigenvalue weighted by Gasteiger charge is -2.21. The van der Waals surface area contributed by atoms with Gasteiger partial charge in [-0.15, -0.1) is 0 Å². The Morgan fingerprint density at radius 1 is 1.19 bits per heavy atom. The third-order valence-electron chi connectivity index (χ3n) is 3.27. The van der Waals surface area contributed by atoms with Crippen molar-refractivity contribution >= 4 is 27.5 Å². The van der Waals surface area contributed by atoms with Gasteiger partial charge in [0.2, 0.25) is 0 Å². The minimum atomic E-state index is -0.866. The van der Waals surface area contributed by atoms with E-state index in [4.69, 9.17) is 11.6 Å². The van der Waals surface area contributed by atoms with Crippen LogP contribution in [0.1, 0.15) is 24.1 Å². The summed E-state index contributed by atoms with van der Waals surface area (Å²) >= 11 is 9.32. The van der Waals surface area contributed by atoms with E-state index in [1.54, 1.807) is 6.07 Å². The van der Waals surface area contributed by atoms with Gasteiger partial charge in [0.1, 0.15) is 0 Å². The molecule has 2 aromatic carbocycles. The Labute approximate surface area is 136 Å². The molecular weight excluding hydrogens is 360 g/mol. The van der Waals surface area contributed by atoms with Crippen LogP contribution in [-0.4, -0.2) is 6.54 Å².